The van der Waals surface area contributed by atoms with E-state index in [-0.39, 0.29) is 0 Å². The minimum absolute atomic E-state index is 1.21. The Morgan fingerprint density at radius 1 is 0.737 bits per heavy atom. The van der Waals surface area contributed by atoms with Gasteiger partial charge in [-0.3, -0.25) is 0 Å². The third kappa shape index (κ3) is 3.09. The van der Waals surface area contributed by atoms with Crippen molar-refractivity contribution in [2.45, 2.75) is 38.5 Å². The second-order valence-electron chi connectivity index (χ2n) is 5.80. The molecule has 2 aromatic rings. The number of hydrogen-bond donors (Lipinski definition) is 0. The Hall–Kier alpha value is -1.50. The molecule has 2 aromatic carbocycles. The van der Waals surface area contributed by atoms with E-state index in [4.69, 9.17) is 0 Å². The zero-order chi connectivity index (χ0) is 13.1. The number of aryl methyl sites for hydroxylation is 4. The minimum atomic E-state index is 1.21. The molecule has 0 N–H and O–H groups in total. The molecule has 0 fully saturated rings. The number of rotatable bonds is 5. The molecule has 0 bridgehead atoms. The lowest BCUT2D eigenvalue weighted by Gasteiger charge is -2.19. The molecule has 0 saturated carbocycles. The average molecular weight is 248 g/mol. The van der Waals surface area contributed by atoms with Gasteiger partial charge in [-0.25, -0.2) is 0 Å². The molecule has 0 spiro atoms. The summed E-state index contributed by atoms with van der Waals surface area (Å²) < 4.78 is 0. The Balaban J connectivity index is 1.45. The number of fused-ring (bicyclic) bond motifs is 1. The Labute approximate surface area is 117 Å². The van der Waals surface area contributed by atoms with Crippen LogP contribution in [-0.2, 0) is 25.7 Å². The first kappa shape index (κ1) is 12.5. The van der Waals surface area contributed by atoms with Crippen molar-refractivity contribution in [3.8, 4) is 0 Å². The highest BCUT2D eigenvalue weighted by molar-refractivity contribution is 6.32. The van der Waals surface area contributed by atoms with Crippen molar-refractivity contribution in [3.05, 3.63) is 64.7 Å². The van der Waals surface area contributed by atoms with Crippen molar-refractivity contribution in [2.75, 3.05) is 0 Å². The summed E-state index contributed by atoms with van der Waals surface area (Å²) in [5.41, 5.74) is 7.52. The van der Waals surface area contributed by atoms with Crippen molar-refractivity contribution >= 4 is 13.3 Å². The summed E-state index contributed by atoms with van der Waals surface area (Å²) in [6.45, 7) is 0. The summed E-state index contributed by atoms with van der Waals surface area (Å²) in [5.74, 6) is 0. The van der Waals surface area contributed by atoms with Gasteiger partial charge in [-0.05, 0) is 60.8 Å². The van der Waals surface area contributed by atoms with Gasteiger partial charge in [0, 0.05) is 0 Å². The first-order valence-corrected chi connectivity index (χ1v) is 7.47. The highest BCUT2D eigenvalue weighted by Crippen LogP contribution is 2.24. The third-order valence-electron chi connectivity index (χ3n) is 4.24. The van der Waals surface area contributed by atoms with Crippen LogP contribution >= 0.6 is 0 Å². The van der Waals surface area contributed by atoms with Gasteiger partial charge in [-0.15, -0.1) is 0 Å². The number of hydrogen-bond acceptors (Lipinski definition) is 0. The Morgan fingerprint density at radius 2 is 1.37 bits per heavy atom. The van der Waals surface area contributed by atoms with E-state index in [0.29, 0.717) is 0 Å². The summed E-state index contributed by atoms with van der Waals surface area (Å²) in [4.78, 5) is 0. The second kappa shape index (κ2) is 5.65. The molecular weight excluding hydrogens is 227 g/mol. The van der Waals surface area contributed by atoms with Gasteiger partial charge >= 0.3 is 0 Å². The molecule has 19 heavy (non-hydrogen) atoms. The molecular formula is C18H21B. The van der Waals surface area contributed by atoms with E-state index in [1.165, 1.54) is 55.1 Å². The van der Waals surface area contributed by atoms with Crippen molar-refractivity contribution in [3.63, 3.8) is 0 Å². The first-order valence-electron chi connectivity index (χ1n) is 7.47. The van der Waals surface area contributed by atoms with Gasteiger partial charge in [-0.2, -0.15) is 0 Å². The van der Waals surface area contributed by atoms with Gasteiger partial charge in [0.05, 0.1) is 0 Å². The smallest absolute Gasteiger partial charge is 0.0889 e. The molecule has 0 heterocycles. The molecule has 96 valence electrons. The van der Waals surface area contributed by atoms with Gasteiger partial charge in [0.15, 0.2) is 0 Å². The first-order chi connectivity index (χ1) is 9.31. The van der Waals surface area contributed by atoms with E-state index in [2.05, 4.69) is 50.3 Å². The topological polar surface area (TPSA) is 0 Å². The molecule has 0 amide bonds. The zero-order valence-corrected chi connectivity index (χ0v) is 11.8. The van der Waals surface area contributed by atoms with Crippen molar-refractivity contribution in [2.24, 2.45) is 0 Å². The van der Waals surface area contributed by atoms with Crippen LogP contribution in [0.4, 0.5) is 0 Å². The molecule has 0 radical (unpaired) electrons. The summed E-state index contributed by atoms with van der Waals surface area (Å²) in [5, 5.41) is 0. The predicted molar refractivity (Wildman–Crippen MR) is 85.1 cm³/mol. The van der Waals surface area contributed by atoms with Crippen molar-refractivity contribution < 1.29 is 0 Å². The van der Waals surface area contributed by atoms with E-state index in [0.717, 1.165) is 0 Å². The number of unbranched alkanes of at least 4 members (excludes halogenated alkanes) is 1. The molecule has 0 aromatic heterocycles. The van der Waals surface area contributed by atoms with Crippen LogP contribution in [-0.4, -0.2) is 7.85 Å². The summed E-state index contributed by atoms with van der Waals surface area (Å²) >= 11 is 0. The van der Waals surface area contributed by atoms with Gasteiger partial charge in [-0.1, -0.05) is 47.9 Å². The molecule has 0 atom stereocenters. The van der Waals surface area contributed by atoms with Crippen LogP contribution in [0.2, 0.25) is 0 Å². The maximum absolute atomic E-state index is 2.42. The monoisotopic (exact) mass is 248 g/mol. The van der Waals surface area contributed by atoms with Crippen LogP contribution in [0.3, 0.4) is 0 Å². The molecule has 1 heteroatoms. The highest BCUT2D eigenvalue weighted by atomic mass is 14.2. The van der Waals surface area contributed by atoms with Crippen LogP contribution in [0, 0.1) is 0 Å². The lowest BCUT2D eigenvalue weighted by Crippen LogP contribution is -2.08. The Morgan fingerprint density at radius 3 is 2.00 bits per heavy atom. The van der Waals surface area contributed by atoms with E-state index in [9.17, 15) is 0 Å². The van der Waals surface area contributed by atoms with Crippen LogP contribution in [0.25, 0.3) is 0 Å². The Kier molecular flexibility index (Phi) is 3.73. The van der Waals surface area contributed by atoms with Gasteiger partial charge in [0.2, 0.25) is 0 Å². The zero-order valence-electron chi connectivity index (χ0n) is 11.8. The Bertz CT molecular complexity index is 554. The van der Waals surface area contributed by atoms with E-state index in [1.54, 1.807) is 11.1 Å². The van der Waals surface area contributed by atoms with E-state index < -0.39 is 0 Å². The molecule has 0 unspecified atom stereocenters. The maximum Gasteiger partial charge on any atom is 0.139 e. The molecule has 0 aliphatic heterocycles. The van der Waals surface area contributed by atoms with Crippen LogP contribution in [0.15, 0.2) is 42.5 Å². The average Bonchev–Trinajstić information content (AvgIpc) is 2.39. The molecule has 1 aliphatic carbocycles. The van der Waals surface area contributed by atoms with Crippen LogP contribution < -0.4 is 5.46 Å². The lowest BCUT2D eigenvalue weighted by atomic mass is 9.86. The number of benzene rings is 2. The van der Waals surface area contributed by atoms with Gasteiger partial charge in [0.25, 0.3) is 0 Å². The fraction of sp³-hybridized carbons (Fsp3) is 0.333. The molecule has 0 nitrogen and oxygen atoms in total. The molecule has 1 aliphatic rings. The normalized spacial score (nSPS) is 12.8. The van der Waals surface area contributed by atoms with Crippen LogP contribution in [0.5, 0.6) is 0 Å². The van der Waals surface area contributed by atoms with Crippen LogP contribution in [0.1, 0.15) is 35.1 Å². The van der Waals surface area contributed by atoms with Crippen molar-refractivity contribution in [1.82, 2.24) is 0 Å². The van der Waals surface area contributed by atoms with Crippen molar-refractivity contribution in [1.29, 1.82) is 0 Å². The summed E-state index contributed by atoms with van der Waals surface area (Å²) in [7, 11) is 2.15. The fourth-order valence-electron chi connectivity index (χ4n) is 2.82. The summed E-state index contributed by atoms with van der Waals surface area (Å²) in [6, 6.07) is 16.0. The highest BCUT2D eigenvalue weighted by Gasteiger charge is 2.12. The fourth-order valence-corrected chi connectivity index (χ4v) is 2.82. The molecule has 0 saturated heterocycles. The summed E-state index contributed by atoms with van der Waals surface area (Å²) in [6.07, 6.45) is 7.63. The predicted octanol–water partition coefficient (Wildman–Crippen LogP) is 2.61. The van der Waals surface area contributed by atoms with Gasteiger partial charge < -0.3 is 0 Å². The SMILES string of the molecule is Bc1ccc(CCCCc2ccc3c(c2)CC3)cc1. The quantitative estimate of drug-likeness (QED) is 0.563. The largest absolute Gasteiger partial charge is 0.139 e. The van der Waals surface area contributed by atoms with Gasteiger partial charge in [0.1, 0.15) is 7.85 Å². The third-order valence-corrected chi connectivity index (χ3v) is 4.24. The van der Waals surface area contributed by atoms with E-state index >= 15 is 0 Å². The maximum atomic E-state index is 2.42. The second-order valence-corrected chi connectivity index (χ2v) is 5.80. The minimum Gasteiger partial charge on any atom is -0.0889 e. The molecule has 3 rings (SSSR count). The standard InChI is InChI=1S/C18H21B/c19-18-11-6-14(7-12-18)3-1-2-4-15-5-8-16-9-10-17(16)13-15/h5-8,11-13H,1-4,9-10,19H2. The van der Waals surface area contributed by atoms with E-state index in [1.807, 2.05) is 0 Å². The lowest BCUT2D eigenvalue weighted by molar-refractivity contribution is 0.730.